The molecule has 0 aliphatic heterocycles. The van der Waals surface area contributed by atoms with Gasteiger partial charge in [0.15, 0.2) is 0 Å². The summed E-state index contributed by atoms with van der Waals surface area (Å²) in [5.74, 6) is 0.765. The predicted octanol–water partition coefficient (Wildman–Crippen LogP) is 3.11. The highest BCUT2D eigenvalue weighted by Gasteiger charge is 2.61. The third kappa shape index (κ3) is 1.77. The van der Waals surface area contributed by atoms with Gasteiger partial charge in [0.05, 0.1) is 19.6 Å². The third-order valence-electron chi connectivity index (χ3n) is 3.78. The molecule has 0 aromatic heterocycles. The Morgan fingerprint density at radius 3 is 2.50 bits per heavy atom. The number of carbonyl (C=O) groups excluding carboxylic acids is 1. The first kappa shape index (κ1) is 13.2. The van der Waals surface area contributed by atoms with E-state index in [1.165, 1.54) is 7.11 Å². The van der Waals surface area contributed by atoms with Crippen molar-refractivity contribution < 1.29 is 14.3 Å². The van der Waals surface area contributed by atoms with Crippen molar-refractivity contribution in [1.82, 2.24) is 0 Å². The van der Waals surface area contributed by atoms with E-state index < -0.39 is 5.41 Å². The van der Waals surface area contributed by atoms with Gasteiger partial charge in [0.25, 0.3) is 0 Å². The molecule has 1 aromatic carbocycles. The quantitative estimate of drug-likeness (QED) is 0.790. The van der Waals surface area contributed by atoms with Gasteiger partial charge in [-0.05, 0) is 37.0 Å². The molecule has 0 bridgehead atoms. The molecule has 4 heteroatoms. The molecule has 1 aliphatic rings. The summed E-state index contributed by atoms with van der Waals surface area (Å²) in [4.78, 5) is 12.1. The Bertz CT molecular complexity index is 498. The fraction of sp³-hybridized carbons (Fsp3) is 0.500. The molecule has 0 saturated heterocycles. The van der Waals surface area contributed by atoms with Crippen LogP contribution in [-0.2, 0) is 14.9 Å². The Balaban J connectivity index is 2.60. The maximum Gasteiger partial charge on any atom is 0.316 e. The van der Waals surface area contributed by atoms with E-state index >= 15 is 0 Å². The lowest BCUT2D eigenvalue weighted by Gasteiger charge is -2.19. The van der Waals surface area contributed by atoms with E-state index in [-0.39, 0.29) is 11.9 Å². The number of carbonyl (C=O) groups is 1. The molecule has 18 heavy (non-hydrogen) atoms. The predicted molar refractivity (Wildman–Crippen MR) is 70.2 cm³/mol. The van der Waals surface area contributed by atoms with Gasteiger partial charge in [-0.15, -0.1) is 0 Å². The molecular weight excluding hydrogens is 252 g/mol. The summed E-state index contributed by atoms with van der Waals surface area (Å²) in [6.45, 7) is 3.96. The lowest BCUT2D eigenvalue weighted by Crippen LogP contribution is -2.25. The number of halogens is 1. The molecule has 1 aliphatic carbocycles. The molecule has 0 N–H and O–H groups in total. The molecule has 1 aromatic rings. The second kappa shape index (κ2) is 4.47. The summed E-state index contributed by atoms with van der Waals surface area (Å²) >= 11 is 6.10. The van der Waals surface area contributed by atoms with Crippen molar-refractivity contribution in [1.29, 1.82) is 0 Å². The molecule has 2 rings (SSSR count). The summed E-state index contributed by atoms with van der Waals surface area (Å²) in [5, 5.41) is 0.616. The first-order valence-electron chi connectivity index (χ1n) is 5.90. The van der Waals surface area contributed by atoms with Crippen LogP contribution >= 0.6 is 11.6 Å². The highest BCUT2D eigenvalue weighted by molar-refractivity contribution is 6.30. The van der Waals surface area contributed by atoms with Gasteiger partial charge < -0.3 is 9.47 Å². The maximum absolute atomic E-state index is 12.1. The molecule has 3 nitrogen and oxygen atoms in total. The van der Waals surface area contributed by atoms with E-state index in [1.54, 1.807) is 7.11 Å². The molecule has 98 valence electrons. The average Bonchev–Trinajstić information content (AvgIpc) is 3.00. The Kier molecular flexibility index (Phi) is 3.28. The highest BCUT2D eigenvalue weighted by atomic mass is 35.5. The molecule has 0 radical (unpaired) electrons. The van der Waals surface area contributed by atoms with Crippen LogP contribution in [0.15, 0.2) is 12.1 Å². The van der Waals surface area contributed by atoms with Crippen LogP contribution in [0.5, 0.6) is 5.75 Å². The second-order valence-electron chi connectivity index (χ2n) is 4.87. The van der Waals surface area contributed by atoms with Crippen molar-refractivity contribution in [2.24, 2.45) is 5.92 Å². The van der Waals surface area contributed by atoms with E-state index in [1.807, 2.05) is 26.0 Å². The molecule has 1 saturated carbocycles. The monoisotopic (exact) mass is 268 g/mol. The highest BCUT2D eigenvalue weighted by Crippen LogP contribution is 2.58. The van der Waals surface area contributed by atoms with Crippen LogP contribution in [0.2, 0.25) is 5.02 Å². The van der Waals surface area contributed by atoms with Gasteiger partial charge in [-0.1, -0.05) is 18.5 Å². The van der Waals surface area contributed by atoms with Crippen molar-refractivity contribution in [2.75, 3.05) is 14.2 Å². The lowest BCUT2D eigenvalue weighted by molar-refractivity contribution is -0.144. The zero-order valence-electron chi connectivity index (χ0n) is 11.0. The Morgan fingerprint density at radius 1 is 1.44 bits per heavy atom. The number of esters is 1. The number of rotatable bonds is 3. The number of ether oxygens (including phenoxy) is 2. The molecule has 2 unspecified atom stereocenters. The van der Waals surface area contributed by atoms with Crippen LogP contribution in [-0.4, -0.2) is 20.2 Å². The SMILES string of the molecule is COC(=O)C1(c2cc(Cl)cc(C)c2OC)CC1C. The van der Waals surface area contributed by atoms with Crippen LogP contribution in [0.4, 0.5) is 0 Å². The summed E-state index contributed by atoms with van der Waals surface area (Å²) in [5.41, 5.74) is 1.19. The topological polar surface area (TPSA) is 35.5 Å². The maximum atomic E-state index is 12.1. The van der Waals surface area contributed by atoms with Crippen molar-refractivity contribution in [2.45, 2.75) is 25.7 Å². The third-order valence-corrected chi connectivity index (χ3v) is 4.00. The van der Waals surface area contributed by atoms with Gasteiger partial charge in [-0.25, -0.2) is 0 Å². The van der Waals surface area contributed by atoms with E-state index in [4.69, 9.17) is 21.1 Å². The van der Waals surface area contributed by atoms with E-state index in [2.05, 4.69) is 0 Å². The van der Waals surface area contributed by atoms with Crippen molar-refractivity contribution in [3.8, 4) is 5.75 Å². The van der Waals surface area contributed by atoms with Crippen molar-refractivity contribution in [3.63, 3.8) is 0 Å². The van der Waals surface area contributed by atoms with E-state index in [9.17, 15) is 4.79 Å². The van der Waals surface area contributed by atoms with Gasteiger partial charge in [0.1, 0.15) is 5.75 Å². The van der Waals surface area contributed by atoms with Gasteiger partial charge in [-0.2, -0.15) is 0 Å². The Morgan fingerprint density at radius 2 is 2.06 bits per heavy atom. The molecular formula is C14H17ClO3. The molecule has 1 fully saturated rings. The van der Waals surface area contributed by atoms with E-state index in [0.29, 0.717) is 5.02 Å². The number of aryl methyl sites for hydroxylation is 1. The van der Waals surface area contributed by atoms with Crippen LogP contribution < -0.4 is 4.74 Å². The second-order valence-corrected chi connectivity index (χ2v) is 5.31. The van der Waals surface area contributed by atoms with Gasteiger partial charge in [0, 0.05) is 10.6 Å². The summed E-state index contributed by atoms with van der Waals surface area (Å²) in [6, 6.07) is 3.65. The summed E-state index contributed by atoms with van der Waals surface area (Å²) in [6.07, 6.45) is 0.774. The van der Waals surface area contributed by atoms with Crippen LogP contribution in [0.3, 0.4) is 0 Å². The first-order chi connectivity index (χ1) is 8.47. The molecule has 2 atom stereocenters. The zero-order valence-corrected chi connectivity index (χ0v) is 11.8. The number of hydrogen-bond donors (Lipinski definition) is 0. The minimum Gasteiger partial charge on any atom is -0.496 e. The standard InChI is InChI=1S/C14H17ClO3/c1-8-5-10(15)6-11(12(8)17-3)14(7-9(14)2)13(16)18-4/h5-6,9H,7H2,1-4H3. The Hall–Kier alpha value is -1.22. The molecule has 0 heterocycles. The molecule has 0 amide bonds. The number of hydrogen-bond acceptors (Lipinski definition) is 3. The normalized spacial score (nSPS) is 25.7. The first-order valence-corrected chi connectivity index (χ1v) is 6.28. The fourth-order valence-corrected chi connectivity index (χ4v) is 2.98. The van der Waals surface area contributed by atoms with Gasteiger partial charge in [-0.3, -0.25) is 4.79 Å². The van der Waals surface area contributed by atoms with E-state index in [0.717, 1.165) is 23.3 Å². The Labute approximate surface area is 112 Å². The summed E-state index contributed by atoms with van der Waals surface area (Å²) < 4.78 is 10.4. The minimum absolute atomic E-state index is 0.213. The number of benzene rings is 1. The smallest absolute Gasteiger partial charge is 0.316 e. The largest absolute Gasteiger partial charge is 0.496 e. The summed E-state index contributed by atoms with van der Waals surface area (Å²) in [7, 11) is 3.02. The number of methoxy groups -OCH3 is 2. The van der Waals surface area contributed by atoms with Crippen molar-refractivity contribution >= 4 is 17.6 Å². The molecule has 0 spiro atoms. The minimum atomic E-state index is -0.588. The van der Waals surface area contributed by atoms with Crippen molar-refractivity contribution in [3.05, 3.63) is 28.3 Å². The van der Waals surface area contributed by atoms with Gasteiger partial charge >= 0.3 is 5.97 Å². The fourth-order valence-electron chi connectivity index (χ4n) is 2.71. The average molecular weight is 269 g/mol. The van der Waals surface area contributed by atoms with Crippen LogP contribution in [0.25, 0.3) is 0 Å². The zero-order chi connectivity index (χ0) is 13.5. The van der Waals surface area contributed by atoms with Crippen LogP contribution in [0.1, 0.15) is 24.5 Å². The van der Waals surface area contributed by atoms with Crippen LogP contribution in [0, 0.1) is 12.8 Å². The van der Waals surface area contributed by atoms with Gasteiger partial charge in [0.2, 0.25) is 0 Å². The lowest BCUT2D eigenvalue weighted by atomic mass is 9.91.